The minimum atomic E-state index is -0.272. The van der Waals surface area contributed by atoms with Crippen LogP contribution in [0.25, 0.3) is 10.9 Å². The molecule has 9 nitrogen and oxygen atoms in total. The van der Waals surface area contributed by atoms with Gasteiger partial charge in [0.05, 0.1) is 24.3 Å². The summed E-state index contributed by atoms with van der Waals surface area (Å²) in [5.74, 6) is 0.398. The van der Waals surface area contributed by atoms with E-state index in [-0.39, 0.29) is 28.9 Å². The van der Waals surface area contributed by atoms with Crippen LogP contribution >= 0.6 is 0 Å². The average Bonchev–Trinajstić information content (AvgIpc) is 3.67. The Bertz CT molecular complexity index is 1320. The van der Waals surface area contributed by atoms with Gasteiger partial charge in [0.15, 0.2) is 5.78 Å². The highest BCUT2D eigenvalue weighted by Crippen LogP contribution is 2.34. The van der Waals surface area contributed by atoms with Crippen molar-refractivity contribution in [3.8, 4) is 11.5 Å². The fourth-order valence-corrected chi connectivity index (χ4v) is 5.69. The number of hydrogen-bond acceptors (Lipinski definition) is 7. The molecule has 2 aromatic carbocycles. The van der Waals surface area contributed by atoms with Gasteiger partial charge in [0.1, 0.15) is 23.8 Å². The molecular formula is C28H32N4O5. The highest BCUT2D eigenvalue weighted by molar-refractivity contribution is 6.10. The van der Waals surface area contributed by atoms with Gasteiger partial charge in [-0.3, -0.25) is 19.6 Å². The van der Waals surface area contributed by atoms with Gasteiger partial charge >= 0.3 is 0 Å². The number of carbonyl (C=O) groups excluding carboxylic acids is 2. The Kier molecular flexibility index (Phi) is 6.56. The second-order valence-electron chi connectivity index (χ2n) is 10.2. The number of hydrogen-bond donors (Lipinski definition) is 2. The third kappa shape index (κ3) is 4.81. The number of aromatic hydroxyl groups is 1. The van der Waals surface area contributed by atoms with Crippen molar-refractivity contribution >= 4 is 22.6 Å². The number of aromatic amines is 1. The van der Waals surface area contributed by atoms with Crippen LogP contribution in [0.3, 0.4) is 0 Å². The summed E-state index contributed by atoms with van der Waals surface area (Å²) in [7, 11) is 0. The minimum absolute atomic E-state index is 0.0159. The second-order valence-corrected chi connectivity index (χ2v) is 10.2. The zero-order valence-electron chi connectivity index (χ0n) is 20.9. The maximum Gasteiger partial charge on any atom is 0.258 e. The molecule has 1 saturated heterocycles. The molecule has 37 heavy (non-hydrogen) atoms. The standard InChI is InChI=1S/C28H32N4O5/c33-25-15-24-22(26(30-29-24)27(34)18-3-1-2-4-18)14-23(25)28(35)32-16-19-5-6-21(13-20(19)17-32)37-12-9-31-7-10-36-11-8-31/h5-6,13-15,18,33H,1-4,7-12,16-17H2,(H,29,30). The van der Waals surface area contributed by atoms with E-state index in [9.17, 15) is 14.7 Å². The second kappa shape index (κ2) is 10.1. The highest BCUT2D eigenvalue weighted by Gasteiger charge is 2.30. The van der Waals surface area contributed by atoms with Crippen LogP contribution < -0.4 is 4.74 Å². The lowest BCUT2D eigenvalue weighted by Crippen LogP contribution is -2.38. The van der Waals surface area contributed by atoms with Crippen LogP contribution in [0.1, 0.15) is 57.7 Å². The number of amides is 1. The Morgan fingerprint density at radius 3 is 2.68 bits per heavy atom. The summed E-state index contributed by atoms with van der Waals surface area (Å²) in [4.78, 5) is 30.5. The third-order valence-corrected chi connectivity index (χ3v) is 7.84. The summed E-state index contributed by atoms with van der Waals surface area (Å²) in [5.41, 5.74) is 3.20. The number of carbonyl (C=O) groups is 2. The smallest absolute Gasteiger partial charge is 0.258 e. The highest BCUT2D eigenvalue weighted by atomic mass is 16.5. The van der Waals surface area contributed by atoms with Crippen LogP contribution in [0, 0.1) is 5.92 Å². The summed E-state index contributed by atoms with van der Waals surface area (Å²) in [6, 6.07) is 9.05. The van der Waals surface area contributed by atoms with Crippen LogP contribution in [0.15, 0.2) is 30.3 Å². The van der Waals surface area contributed by atoms with Crippen molar-refractivity contribution in [1.29, 1.82) is 0 Å². The van der Waals surface area contributed by atoms with Gasteiger partial charge in [-0.15, -0.1) is 0 Å². The molecule has 3 aliphatic rings. The number of nitrogens with one attached hydrogen (secondary N) is 1. The number of Topliss-reactive ketones (excluding diaryl/α,β-unsaturated/α-hetero) is 1. The Morgan fingerprint density at radius 1 is 1.08 bits per heavy atom. The lowest BCUT2D eigenvalue weighted by molar-refractivity contribution is 0.0322. The number of morpholine rings is 1. The largest absolute Gasteiger partial charge is 0.507 e. The van der Waals surface area contributed by atoms with Gasteiger partial charge in [-0.2, -0.15) is 5.10 Å². The molecule has 2 aliphatic heterocycles. The minimum Gasteiger partial charge on any atom is -0.507 e. The molecule has 1 aromatic heterocycles. The van der Waals surface area contributed by atoms with Gasteiger partial charge in [-0.1, -0.05) is 18.9 Å². The summed E-state index contributed by atoms with van der Waals surface area (Å²) in [6.45, 7) is 5.74. The summed E-state index contributed by atoms with van der Waals surface area (Å²) in [6.07, 6.45) is 3.86. The first kappa shape index (κ1) is 23.9. The number of benzene rings is 2. The van der Waals surface area contributed by atoms with Crippen molar-refractivity contribution in [3.63, 3.8) is 0 Å². The third-order valence-electron chi connectivity index (χ3n) is 7.84. The molecule has 1 saturated carbocycles. The number of fused-ring (bicyclic) bond motifs is 2. The van der Waals surface area contributed by atoms with Crippen LogP contribution in [0.2, 0.25) is 0 Å². The average molecular weight is 505 g/mol. The Hall–Kier alpha value is -3.43. The predicted molar refractivity (Wildman–Crippen MR) is 137 cm³/mol. The van der Waals surface area contributed by atoms with Crippen molar-refractivity contribution in [3.05, 3.63) is 52.7 Å². The molecule has 1 amide bonds. The Balaban J connectivity index is 1.15. The number of ether oxygens (including phenoxy) is 2. The normalized spacial score (nSPS) is 18.4. The molecule has 0 bridgehead atoms. The van der Waals surface area contributed by atoms with Crippen LogP contribution in [-0.4, -0.2) is 76.2 Å². The van der Waals surface area contributed by atoms with Crippen LogP contribution in [0.5, 0.6) is 11.5 Å². The van der Waals surface area contributed by atoms with Gasteiger partial charge in [-0.25, -0.2) is 0 Å². The van der Waals surface area contributed by atoms with Crippen molar-refractivity contribution in [2.24, 2.45) is 5.92 Å². The maximum atomic E-state index is 13.5. The molecule has 1 aliphatic carbocycles. The summed E-state index contributed by atoms with van der Waals surface area (Å²) >= 11 is 0. The fourth-order valence-electron chi connectivity index (χ4n) is 5.69. The number of aromatic nitrogens is 2. The fraction of sp³-hybridized carbons (Fsp3) is 0.464. The number of phenols is 1. The SMILES string of the molecule is O=C(c1n[nH]c2cc(O)c(C(=O)N3Cc4ccc(OCCN5CCOCC5)cc4C3)cc12)C1CCCC1. The molecule has 3 aromatic rings. The zero-order valence-corrected chi connectivity index (χ0v) is 20.9. The van der Waals surface area contributed by atoms with E-state index in [0.29, 0.717) is 36.3 Å². The molecule has 0 radical (unpaired) electrons. The van der Waals surface area contributed by atoms with Crippen molar-refractivity contribution < 1.29 is 24.2 Å². The van der Waals surface area contributed by atoms with E-state index >= 15 is 0 Å². The van der Waals surface area contributed by atoms with Gasteiger partial charge in [0, 0.05) is 50.1 Å². The number of nitrogens with zero attached hydrogens (tertiary/aromatic N) is 3. The molecule has 3 heterocycles. The molecule has 9 heteroatoms. The predicted octanol–water partition coefficient (Wildman–Crippen LogP) is 3.51. The number of ketones is 1. The van der Waals surface area contributed by atoms with E-state index in [2.05, 4.69) is 15.1 Å². The van der Waals surface area contributed by atoms with E-state index in [1.807, 2.05) is 18.2 Å². The molecule has 2 N–H and O–H groups in total. The van der Waals surface area contributed by atoms with Crippen molar-refractivity contribution in [2.75, 3.05) is 39.5 Å². The summed E-state index contributed by atoms with van der Waals surface area (Å²) < 4.78 is 11.4. The number of phenolic OH excluding ortho intramolecular Hbond substituents is 1. The Morgan fingerprint density at radius 2 is 1.86 bits per heavy atom. The van der Waals surface area contributed by atoms with Crippen LogP contribution in [0.4, 0.5) is 0 Å². The monoisotopic (exact) mass is 504 g/mol. The molecule has 2 fully saturated rings. The van der Waals surface area contributed by atoms with Gasteiger partial charge in [0.25, 0.3) is 5.91 Å². The summed E-state index contributed by atoms with van der Waals surface area (Å²) in [5, 5.41) is 18.3. The molecule has 0 spiro atoms. The number of H-pyrrole nitrogens is 1. The topological polar surface area (TPSA) is 108 Å². The Labute approximate surface area is 215 Å². The number of rotatable bonds is 7. The molecular weight excluding hydrogens is 472 g/mol. The van der Waals surface area contributed by atoms with Crippen molar-refractivity contribution in [1.82, 2.24) is 20.0 Å². The van der Waals surface area contributed by atoms with E-state index in [0.717, 1.165) is 75.4 Å². The van der Waals surface area contributed by atoms with E-state index < -0.39 is 0 Å². The van der Waals surface area contributed by atoms with Gasteiger partial charge in [0.2, 0.25) is 0 Å². The molecule has 0 atom stereocenters. The van der Waals surface area contributed by atoms with Crippen molar-refractivity contribution in [2.45, 2.75) is 38.8 Å². The first-order chi connectivity index (χ1) is 18.1. The molecule has 0 unspecified atom stereocenters. The zero-order chi connectivity index (χ0) is 25.4. The van der Waals surface area contributed by atoms with Crippen LogP contribution in [-0.2, 0) is 17.8 Å². The first-order valence-electron chi connectivity index (χ1n) is 13.2. The lowest BCUT2D eigenvalue weighted by atomic mass is 9.97. The first-order valence-corrected chi connectivity index (χ1v) is 13.2. The van der Waals surface area contributed by atoms with E-state index in [1.54, 1.807) is 11.0 Å². The lowest BCUT2D eigenvalue weighted by Gasteiger charge is -2.26. The molecule has 194 valence electrons. The quantitative estimate of drug-likeness (QED) is 0.474. The van der Waals surface area contributed by atoms with E-state index in [1.165, 1.54) is 6.07 Å². The maximum absolute atomic E-state index is 13.5. The van der Waals surface area contributed by atoms with E-state index in [4.69, 9.17) is 9.47 Å². The van der Waals surface area contributed by atoms with Gasteiger partial charge in [-0.05, 0) is 42.2 Å². The van der Waals surface area contributed by atoms with Gasteiger partial charge < -0.3 is 19.5 Å². The molecule has 6 rings (SSSR count).